The zero-order chi connectivity index (χ0) is 20.7. The molecule has 1 unspecified atom stereocenters. The van der Waals surface area contributed by atoms with Crippen molar-refractivity contribution in [3.05, 3.63) is 65.1 Å². The number of aryl methyl sites for hydroxylation is 1. The number of nitrogens with zero attached hydrogens (tertiary/aromatic N) is 2. The monoisotopic (exact) mass is 412 g/mol. The maximum Gasteiger partial charge on any atom is 0.191 e. The molecule has 7 heteroatoms. The van der Waals surface area contributed by atoms with Crippen molar-refractivity contribution >= 4 is 17.3 Å². The highest BCUT2D eigenvalue weighted by Crippen LogP contribution is 2.24. The fraction of sp³-hybridized carbons (Fsp3) is 0.364. The van der Waals surface area contributed by atoms with Gasteiger partial charge < -0.3 is 20.2 Å². The molecule has 0 spiro atoms. The summed E-state index contributed by atoms with van der Waals surface area (Å²) in [6, 6.07) is 13.8. The Kier molecular flexibility index (Phi) is 7.06. The Morgan fingerprint density at radius 1 is 1.21 bits per heavy atom. The quantitative estimate of drug-likeness (QED) is 0.388. The van der Waals surface area contributed by atoms with Crippen LogP contribution in [0.5, 0.6) is 0 Å². The summed E-state index contributed by atoms with van der Waals surface area (Å²) in [5.74, 6) is 1.95. The van der Waals surface area contributed by atoms with Crippen LogP contribution in [0.2, 0.25) is 0 Å². The molecule has 0 amide bonds. The van der Waals surface area contributed by atoms with Crippen molar-refractivity contribution in [2.24, 2.45) is 4.99 Å². The molecule has 3 rings (SSSR count). The summed E-state index contributed by atoms with van der Waals surface area (Å²) in [5, 5.41) is 20.3. The number of hydrogen-bond donors (Lipinski definition) is 3. The second kappa shape index (κ2) is 9.71. The molecule has 0 bridgehead atoms. The lowest BCUT2D eigenvalue weighted by molar-refractivity contribution is 0.0428. The molecule has 0 saturated heterocycles. The minimum Gasteiger partial charge on any atom is -0.463 e. The maximum absolute atomic E-state index is 10.7. The lowest BCUT2D eigenvalue weighted by Gasteiger charge is -2.19. The number of aliphatic imine (C=N–C) groups is 1. The zero-order valence-electron chi connectivity index (χ0n) is 17.1. The molecule has 3 aromatic rings. The van der Waals surface area contributed by atoms with E-state index in [4.69, 9.17) is 9.40 Å². The fourth-order valence-electron chi connectivity index (χ4n) is 2.82. The van der Waals surface area contributed by atoms with Gasteiger partial charge in [-0.05, 0) is 32.9 Å². The van der Waals surface area contributed by atoms with Crippen molar-refractivity contribution in [2.45, 2.75) is 32.8 Å². The molecule has 0 aliphatic heterocycles. The predicted octanol–water partition coefficient (Wildman–Crippen LogP) is 3.72. The van der Waals surface area contributed by atoms with E-state index < -0.39 is 5.60 Å². The normalized spacial score (nSPS) is 13.9. The summed E-state index contributed by atoms with van der Waals surface area (Å²) in [4.78, 5) is 9.24. The van der Waals surface area contributed by atoms with Crippen LogP contribution in [0.25, 0.3) is 10.6 Å². The Morgan fingerprint density at radius 2 is 2.00 bits per heavy atom. The van der Waals surface area contributed by atoms with E-state index in [0.29, 0.717) is 18.3 Å². The van der Waals surface area contributed by atoms with Gasteiger partial charge in [-0.2, -0.15) is 0 Å². The van der Waals surface area contributed by atoms with Crippen molar-refractivity contribution in [2.75, 3.05) is 19.6 Å². The molecule has 1 aromatic carbocycles. The molecule has 0 aliphatic rings. The van der Waals surface area contributed by atoms with Crippen molar-refractivity contribution in [3.8, 4) is 10.6 Å². The van der Waals surface area contributed by atoms with Crippen molar-refractivity contribution in [1.29, 1.82) is 0 Å². The van der Waals surface area contributed by atoms with Gasteiger partial charge in [-0.1, -0.05) is 30.3 Å². The van der Waals surface area contributed by atoms with Gasteiger partial charge in [0.15, 0.2) is 5.96 Å². The van der Waals surface area contributed by atoms with Gasteiger partial charge in [-0.25, -0.2) is 9.98 Å². The van der Waals surface area contributed by atoms with Gasteiger partial charge in [0, 0.05) is 30.5 Å². The van der Waals surface area contributed by atoms with Crippen LogP contribution < -0.4 is 10.6 Å². The third kappa shape index (κ3) is 5.92. The summed E-state index contributed by atoms with van der Waals surface area (Å²) < 4.78 is 5.55. The Hall–Kier alpha value is -2.64. The first-order valence-corrected chi connectivity index (χ1v) is 10.7. The molecule has 2 heterocycles. The number of nitrogens with one attached hydrogen (secondary N) is 2. The number of hydrogen-bond acceptors (Lipinski definition) is 5. The Balaban J connectivity index is 1.55. The summed E-state index contributed by atoms with van der Waals surface area (Å²) in [6.45, 7) is 7.21. The highest BCUT2D eigenvalue weighted by molar-refractivity contribution is 7.13. The third-order valence-corrected chi connectivity index (χ3v) is 5.35. The first kappa shape index (κ1) is 21.1. The van der Waals surface area contributed by atoms with Gasteiger partial charge in [0.2, 0.25) is 0 Å². The molecule has 154 valence electrons. The van der Waals surface area contributed by atoms with E-state index in [-0.39, 0.29) is 6.54 Å². The Labute approximate surface area is 175 Å². The molecule has 0 saturated carbocycles. The van der Waals surface area contributed by atoms with Crippen LogP contribution in [-0.4, -0.2) is 35.7 Å². The summed E-state index contributed by atoms with van der Waals surface area (Å²) in [6.07, 6.45) is 0.793. The number of guanidine groups is 1. The Bertz CT molecular complexity index is 931. The van der Waals surface area contributed by atoms with E-state index in [1.165, 1.54) is 0 Å². The SMILES string of the molecule is CCNC(=NCC(C)(O)c1ccc(C)o1)NCCc1csc(-c2ccccc2)n1. The number of aliphatic hydroxyl groups is 1. The fourth-order valence-corrected chi connectivity index (χ4v) is 3.68. The molecule has 1 atom stereocenters. The van der Waals surface area contributed by atoms with E-state index in [2.05, 4.69) is 33.1 Å². The van der Waals surface area contributed by atoms with E-state index >= 15 is 0 Å². The number of thiazole rings is 1. The molecule has 2 aromatic heterocycles. The van der Waals surface area contributed by atoms with E-state index in [9.17, 15) is 5.11 Å². The molecule has 29 heavy (non-hydrogen) atoms. The maximum atomic E-state index is 10.7. The van der Waals surface area contributed by atoms with Crippen LogP contribution in [0.15, 0.2) is 57.3 Å². The summed E-state index contributed by atoms with van der Waals surface area (Å²) in [5.41, 5.74) is 1.04. The molecule has 0 fully saturated rings. The van der Waals surface area contributed by atoms with E-state index in [1.54, 1.807) is 24.3 Å². The lowest BCUT2D eigenvalue weighted by atomic mass is 10.0. The average Bonchev–Trinajstić information content (AvgIpc) is 3.36. The largest absolute Gasteiger partial charge is 0.463 e. The van der Waals surface area contributed by atoms with Crippen LogP contribution >= 0.6 is 11.3 Å². The van der Waals surface area contributed by atoms with Gasteiger partial charge >= 0.3 is 0 Å². The highest BCUT2D eigenvalue weighted by Gasteiger charge is 2.26. The first-order valence-electron chi connectivity index (χ1n) is 9.79. The molecule has 3 N–H and O–H groups in total. The van der Waals surface area contributed by atoms with Crippen molar-refractivity contribution < 1.29 is 9.52 Å². The minimum absolute atomic E-state index is 0.199. The van der Waals surface area contributed by atoms with Gasteiger partial charge in [0.1, 0.15) is 22.1 Å². The molecule has 0 aliphatic carbocycles. The van der Waals surface area contributed by atoms with E-state index in [0.717, 1.165) is 35.0 Å². The number of aromatic nitrogens is 1. The van der Waals surface area contributed by atoms with Gasteiger partial charge in [0.05, 0.1) is 12.2 Å². The van der Waals surface area contributed by atoms with Crippen molar-refractivity contribution in [3.63, 3.8) is 0 Å². The van der Waals surface area contributed by atoms with Crippen molar-refractivity contribution in [1.82, 2.24) is 15.6 Å². The van der Waals surface area contributed by atoms with Crippen LogP contribution in [0.1, 0.15) is 31.1 Å². The summed E-state index contributed by atoms with van der Waals surface area (Å²) in [7, 11) is 0. The second-order valence-corrected chi connectivity index (χ2v) is 7.92. The van der Waals surface area contributed by atoms with Gasteiger partial charge in [0.25, 0.3) is 0 Å². The molecular formula is C22H28N4O2S. The second-order valence-electron chi connectivity index (χ2n) is 7.07. The van der Waals surface area contributed by atoms with E-state index in [1.807, 2.05) is 38.1 Å². The van der Waals surface area contributed by atoms with Gasteiger partial charge in [-0.3, -0.25) is 0 Å². The Morgan fingerprint density at radius 3 is 2.69 bits per heavy atom. The standard InChI is InChI=1S/C22H28N4O2S/c1-4-23-21(25-15-22(3,27)19-11-10-16(2)28-19)24-13-12-18-14-29-20(26-18)17-8-6-5-7-9-17/h5-11,14,27H,4,12-13,15H2,1-3H3,(H2,23,24,25). The minimum atomic E-state index is -1.16. The average molecular weight is 413 g/mol. The van der Waals surface area contributed by atoms with Crippen LogP contribution in [0.4, 0.5) is 0 Å². The highest BCUT2D eigenvalue weighted by atomic mass is 32.1. The van der Waals surface area contributed by atoms with Crippen LogP contribution in [-0.2, 0) is 12.0 Å². The van der Waals surface area contributed by atoms with Crippen LogP contribution in [0, 0.1) is 6.92 Å². The smallest absolute Gasteiger partial charge is 0.191 e. The molecular weight excluding hydrogens is 384 g/mol. The summed E-state index contributed by atoms with van der Waals surface area (Å²) >= 11 is 1.66. The zero-order valence-corrected chi connectivity index (χ0v) is 17.9. The molecule has 0 radical (unpaired) electrons. The first-order chi connectivity index (χ1) is 14.0. The molecule has 6 nitrogen and oxygen atoms in total. The number of rotatable bonds is 8. The topological polar surface area (TPSA) is 82.7 Å². The third-order valence-electron chi connectivity index (χ3n) is 4.41. The number of furan rings is 1. The lowest BCUT2D eigenvalue weighted by Crippen LogP contribution is -2.39. The van der Waals surface area contributed by atoms with Crippen LogP contribution in [0.3, 0.4) is 0 Å². The number of benzene rings is 1. The van der Waals surface area contributed by atoms with Gasteiger partial charge in [-0.15, -0.1) is 11.3 Å². The predicted molar refractivity (Wildman–Crippen MR) is 118 cm³/mol.